The van der Waals surface area contributed by atoms with E-state index in [9.17, 15) is 19.7 Å². The van der Waals surface area contributed by atoms with Crippen molar-refractivity contribution in [3.8, 4) is 0 Å². The number of hydrogen-bond donors (Lipinski definition) is 1. The first-order valence-corrected chi connectivity index (χ1v) is 6.85. The fraction of sp³-hybridized carbons (Fsp3) is 0.357. The number of benzene rings is 1. The number of nitrogens with zero attached hydrogens (tertiary/aromatic N) is 3. The number of fused-ring (bicyclic) bond motifs is 1. The van der Waals surface area contributed by atoms with Crippen molar-refractivity contribution in [1.82, 2.24) is 14.9 Å². The molecule has 1 amide bonds. The van der Waals surface area contributed by atoms with Gasteiger partial charge in [-0.3, -0.25) is 24.3 Å². The molecule has 2 rings (SSSR count). The smallest absolute Gasteiger partial charge is 0.270 e. The van der Waals surface area contributed by atoms with Crippen molar-refractivity contribution in [2.24, 2.45) is 0 Å². The summed E-state index contributed by atoms with van der Waals surface area (Å²) in [5.74, 6) is -0.303. The van der Waals surface area contributed by atoms with E-state index in [-0.39, 0.29) is 29.6 Å². The molecule has 0 radical (unpaired) electrons. The van der Waals surface area contributed by atoms with E-state index in [1.165, 1.54) is 24.5 Å². The van der Waals surface area contributed by atoms with E-state index in [0.29, 0.717) is 5.52 Å². The van der Waals surface area contributed by atoms with Gasteiger partial charge >= 0.3 is 0 Å². The van der Waals surface area contributed by atoms with Gasteiger partial charge in [-0.05, 0) is 19.4 Å². The number of rotatable bonds is 5. The first-order valence-electron chi connectivity index (χ1n) is 6.85. The largest absolute Gasteiger partial charge is 0.352 e. The van der Waals surface area contributed by atoms with Crippen LogP contribution in [-0.4, -0.2) is 26.4 Å². The summed E-state index contributed by atoms with van der Waals surface area (Å²) >= 11 is 0. The predicted octanol–water partition coefficient (Wildman–Crippen LogP) is 1.22. The lowest BCUT2D eigenvalue weighted by Gasteiger charge is -2.12. The molecule has 116 valence electrons. The fourth-order valence-corrected chi connectivity index (χ4v) is 1.95. The summed E-state index contributed by atoms with van der Waals surface area (Å²) in [6.07, 6.45) is 2.05. The summed E-state index contributed by atoms with van der Waals surface area (Å²) in [6.45, 7) is 3.63. The lowest BCUT2D eigenvalue weighted by atomic mass is 10.2. The SMILES string of the molecule is CC[C@H](C)NC(=O)Cn1cnc2ccc([N+](=O)[O-])cc2c1=O. The molecule has 0 spiro atoms. The zero-order chi connectivity index (χ0) is 16.3. The molecule has 0 bridgehead atoms. The lowest BCUT2D eigenvalue weighted by molar-refractivity contribution is -0.384. The molecule has 1 aromatic carbocycles. The summed E-state index contributed by atoms with van der Waals surface area (Å²) in [4.78, 5) is 38.4. The second kappa shape index (κ2) is 6.33. The maximum atomic E-state index is 12.3. The molecule has 0 fully saturated rings. The highest BCUT2D eigenvalue weighted by Gasteiger charge is 2.13. The molecule has 0 saturated carbocycles. The van der Waals surface area contributed by atoms with Crippen LogP contribution in [0, 0.1) is 10.1 Å². The van der Waals surface area contributed by atoms with Gasteiger partial charge < -0.3 is 5.32 Å². The van der Waals surface area contributed by atoms with E-state index < -0.39 is 10.5 Å². The van der Waals surface area contributed by atoms with Gasteiger partial charge in [-0.1, -0.05) is 6.92 Å². The third-order valence-corrected chi connectivity index (χ3v) is 3.35. The number of non-ortho nitro benzene ring substituents is 1. The Morgan fingerprint density at radius 3 is 2.86 bits per heavy atom. The Kier molecular flexibility index (Phi) is 4.50. The molecular weight excluding hydrogens is 288 g/mol. The molecule has 0 unspecified atom stereocenters. The average molecular weight is 304 g/mol. The summed E-state index contributed by atoms with van der Waals surface area (Å²) in [6, 6.07) is 3.89. The quantitative estimate of drug-likeness (QED) is 0.660. The molecule has 0 saturated heterocycles. The van der Waals surface area contributed by atoms with Gasteiger partial charge in [0.15, 0.2) is 0 Å². The topological polar surface area (TPSA) is 107 Å². The van der Waals surface area contributed by atoms with Crippen molar-refractivity contribution in [3.63, 3.8) is 0 Å². The van der Waals surface area contributed by atoms with Crippen LogP contribution < -0.4 is 10.9 Å². The Morgan fingerprint density at radius 1 is 1.50 bits per heavy atom. The zero-order valence-electron chi connectivity index (χ0n) is 12.3. The molecule has 0 aliphatic rings. The van der Waals surface area contributed by atoms with Crippen molar-refractivity contribution in [2.45, 2.75) is 32.9 Å². The number of hydrogen-bond acceptors (Lipinski definition) is 5. The summed E-state index contributed by atoms with van der Waals surface area (Å²) in [7, 11) is 0. The normalized spacial score (nSPS) is 12.1. The van der Waals surface area contributed by atoms with Crippen molar-refractivity contribution >= 4 is 22.5 Å². The van der Waals surface area contributed by atoms with Crippen LogP contribution in [0.15, 0.2) is 29.3 Å². The van der Waals surface area contributed by atoms with E-state index in [1.54, 1.807) is 0 Å². The van der Waals surface area contributed by atoms with Gasteiger partial charge in [0.2, 0.25) is 5.91 Å². The number of nitro groups is 1. The number of aromatic nitrogens is 2. The highest BCUT2D eigenvalue weighted by atomic mass is 16.6. The summed E-state index contributed by atoms with van der Waals surface area (Å²) < 4.78 is 1.14. The van der Waals surface area contributed by atoms with Gasteiger partial charge in [-0.25, -0.2) is 4.98 Å². The molecule has 0 aliphatic heterocycles. The van der Waals surface area contributed by atoms with Gasteiger partial charge in [-0.15, -0.1) is 0 Å². The molecule has 8 nitrogen and oxygen atoms in total. The molecule has 1 atom stereocenters. The molecule has 1 N–H and O–H groups in total. The Morgan fingerprint density at radius 2 is 2.23 bits per heavy atom. The summed E-state index contributed by atoms with van der Waals surface area (Å²) in [5, 5.41) is 13.7. The second-order valence-electron chi connectivity index (χ2n) is 5.01. The molecular formula is C14H16N4O4. The van der Waals surface area contributed by atoms with Crippen LogP contribution in [0.5, 0.6) is 0 Å². The molecule has 8 heteroatoms. The zero-order valence-corrected chi connectivity index (χ0v) is 12.3. The van der Waals surface area contributed by atoms with E-state index in [2.05, 4.69) is 10.3 Å². The lowest BCUT2D eigenvalue weighted by Crippen LogP contribution is -2.37. The van der Waals surface area contributed by atoms with E-state index in [4.69, 9.17) is 0 Å². The number of amides is 1. The minimum absolute atomic E-state index is 0.0118. The van der Waals surface area contributed by atoms with E-state index in [0.717, 1.165) is 11.0 Å². The number of nitrogens with one attached hydrogen (secondary N) is 1. The fourth-order valence-electron chi connectivity index (χ4n) is 1.95. The van der Waals surface area contributed by atoms with Gasteiger partial charge in [0.25, 0.3) is 11.2 Å². The average Bonchev–Trinajstić information content (AvgIpc) is 2.49. The van der Waals surface area contributed by atoms with Crippen LogP contribution in [0.3, 0.4) is 0 Å². The third-order valence-electron chi connectivity index (χ3n) is 3.35. The molecule has 1 aromatic heterocycles. The third kappa shape index (κ3) is 3.27. The maximum absolute atomic E-state index is 12.3. The van der Waals surface area contributed by atoms with Crippen LogP contribution in [0.4, 0.5) is 5.69 Å². The Balaban J connectivity index is 2.35. The Labute approximate surface area is 125 Å². The van der Waals surface area contributed by atoms with Crippen molar-refractivity contribution < 1.29 is 9.72 Å². The van der Waals surface area contributed by atoms with Crippen LogP contribution in [0.25, 0.3) is 10.9 Å². The van der Waals surface area contributed by atoms with Gasteiger partial charge in [0.05, 0.1) is 22.2 Å². The molecule has 0 aliphatic carbocycles. The molecule has 2 aromatic rings. The monoisotopic (exact) mass is 304 g/mol. The number of nitro benzene ring substituents is 1. The number of carbonyl (C=O) groups excluding carboxylic acids is 1. The number of carbonyl (C=O) groups is 1. The van der Waals surface area contributed by atoms with Gasteiger partial charge in [-0.2, -0.15) is 0 Å². The Bertz CT molecular complexity index is 784. The maximum Gasteiger partial charge on any atom is 0.270 e. The minimum Gasteiger partial charge on any atom is -0.352 e. The molecule has 1 heterocycles. The van der Waals surface area contributed by atoms with Gasteiger partial charge in [0.1, 0.15) is 6.54 Å². The predicted molar refractivity (Wildman–Crippen MR) is 80.6 cm³/mol. The standard InChI is InChI=1S/C14H16N4O4/c1-3-9(2)16-13(19)7-17-8-15-12-5-4-10(18(21)22)6-11(12)14(17)20/h4-6,8-9H,3,7H2,1-2H3,(H,16,19)/t9-/m0/s1. The van der Waals surface area contributed by atoms with Crippen LogP contribution in [-0.2, 0) is 11.3 Å². The molecule has 22 heavy (non-hydrogen) atoms. The second-order valence-corrected chi connectivity index (χ2v) is 5.01. The highest BCUT2D eigenvalue weighted by Crippen LogP contribution is 2.16. The van der Waals surface area contributed by atoms with Crippen LogP contribution in [0.2, 0.25) is 0 Å². The van der Waals surface area contributed by atoms with Crippen molar-refractivity contribution in [2.75, 3.05) is 0 Å². The Hall–Kier alpha value is -2.77. The first kappa shape index (κ1) is 15.6. The van der Waals surface area contributed by atoms with Crippen molar-refractivity contribution in [3.05, 3.63) is 45.0 Å². The minimum atomic E-state index is -0.578. The van der Waals surface area contributed by atoms with Crippen molar-refractivity contribution in [1.29, 1.82) is 0 Å². The van der Waals surface area contributed by atoms with Crippen LogP contribution in [0.1, 0.15) is 20.3 Å². The van der Waals surface area contributed by atoms with E-state index in [1.807, 2.05) is 13.8 Å². The van der Waals surface area contributed by atoms with Gasteiger partial charge in [0, 0.05) is 18.2 Å². The summed E-state index contributed by atoms with van der Waals surface area (Å²) in [5.41, 5.74) is -0.310. The van der Waals surface area contributed by atoms with Crippen LogP contribution >= 0.6 is 0 Å². The van der Waals surface area contributed by atoms with E-state index >= 15 is 0 Å². The first-order chi connectivity index (χ1) is 10.4. The highest BCUT2D eigenvalue weighted by molar-refractivity contribution is 5.80.